The number of carbonyl (C=O) groups is 2. The molecule has 0 radical (unpaired) electrons. The van der Waals surface area contributed by atoms with E-state index in [1.165, 1.54) is 18.7 Å². The van der Waals surface area contributed by atoms with E-state index in [0.29, 0.717) is 17.2 Å². The molecule has 0 aromatic heterocycles. The van der Waals surface area contributed by atoms with E-state index in [0.717, 1.165) is 21.7 Å². The van der Waals surface area contributed by atoms with Gasteiger partial charge in [0.15, 0.2) is 0 Å². The van der Waals surface area contributed by atoms with Crippen LogP contribution < -0.4 is 4.74 Å². The van der Waals surface area contributed by atoms with Crippen molar-refractivity contribution in [2.75, 3.05) is 5.75 Å². The highest BCUT2D eigenvalue weighted by molar-refractivity contribution is 8.45. The van der Waals surface area contributed by atoms with Crippen LogP contribution in [0.15, 0.2) is 47.6 Å². The first-order chi connectivity index (χ1) is 10.1. The third-order valence-corrected chi connectivity index (χ3v) is 4.35. The van der Waals surface area contributed by atoms with Crippen LogP contribution in [-0.2, 0) is 9.59 Å². The monoisotopic (exact) mass is 319 g/mol. The predicted molar refractivity (Wildman–Crippen MR) is 88.4 cm³/mol. The molecule has 0 spiro atoms. The van der Waals surface area contributed by atoms with E-state index < -0.39 is 0 Å². The van der Waals surface area contributed by atoms with Gasteiger partial charge < -0.3 is 4.74 Å². The van der Waals surface area contributed by atoms with Crippen molar-refractivity contribution in [2.45, 2.75) is 6.92 Å². The minimum Gasteiger partial charge on any atom is -0.427 e. The molecule has 0 saturated carbocycles. The van der Waals surface area contributed by atoms with Gasteiger partial charge >= 0.3 is 5.97 Å². The fraction of sp³-hybridized carbons (Fsp3) is 0.133. The molecular weight excluding hydrogens is 306 g/mol. The van der Waals surface area contributed by atoms with E-state index in [9.17, 15) is 9.59 Å². The van der Waals surface area contributed by atoms with Crippen LogP contribution in [0.2, 0.25) is 0 Å². The first kappa shape index (κ1) is 15.6. The fourth-order valence-corrected chi connectivity index (χ4v) is 3.18. The number of ether oxygens (including phenoxy) is 1. The number of hydrogen-bond acceptors (Lipinski definition) is 6. The van der Waals surface area contributed by atoms with E-state index in [4.69, 9.17) is 4.74 Å². The maximum atomic E-state index is 11.9. The third-order valence-electron chi connectivity index (χ3n) is 2.35. The number of esters is 1. The van der Waals surface area contributed by atoms with Gasteiger partial charge in [0, 0.05) is 12.7 Å². The quantitative estimate of drug-likeness (QED) is 0.368. The van der Waals surface area contributed by atoms with Gasteiger partial charge in [-0.25, -0.2) is 4.99 Å². The van der Waals surface area contributed by atoms with Crippen molar-refractivity contribution < 1.29 is 14.3 Å². The molecule has 1 aromatic carbocycles. The van der Waals surface area contributed by atoms with Crippen LogP contribution in [0.1, 0.15) is 12.5 Å². The van der Waals surface area contributed by atoms with Gasteiger partial charge in [0.05, 0.1) is 0 Å². The molecule has 1 aliphatic rings. The molecule has 0 atom stereocenters. The third kappa shape index (κ3) is 4.61. The highest BCUT2D eigenvalue weighted by atomic mass is 32.2. The average Bonchev–Trinajstić information content (AvgIpc) is 2.76. The molecule has 0 aliphatic carbocycles. The van der Waals surface area contributed by atoms with Crippen molar-refractivity contribution in [3.05, 3.63) is 48.2 Å². The Morgan fingerprint density at radius 1 is 1.52 bits per heavy atom. The zero-order valence-corrected chi connectivity index (χ0v) is 13.0. The summed E-state index contributed by atoms with van der Waals surface area (Å²) in [7, 11) is 0. The highest BCUT2D eigenvalue weighted by Crippen LogP contribution is 2.31. The van der Waals surface area contributed by atoms with Crippen molar-refractivity contribution in [2.24, 2.45) is 4.99 Å². The van der Waals surface area contributed by atoms with E-state index in [2.05, 4.69) is 11.6 Å². The number of rotatable bonds is 4. The summed E-state index contributed by atoms with van der Waals surface area (Å²) < 4.78 is 5.74. The Hall–Kier alpha value is -1.79. The summed E-state index contributed by atoms with van der Waals surface area (Å²) in [4.78, 5) is 27.1. The number of carbonyl (C=O) groups excluding carboxylic acids is 2. The molecule has 6 heteroatoms. The van der Waals surface area contributed by atoms with E-state index in [1.807, 2.05) is 6.07 Å². The van der Waals surface area contributed by atoms with Gasteiger partial charge in [0.2, 0.25) is 5.12 Å². The molecule has 0 saturated heterocycles. The lowest BCUT2D eigenvalue weighted by atomic mass is 10.2. The first-order valence-corrected chi connectivity index (χ1v) is 7.93. The SMILES string of the molecule is C=CCSC1=N/C(=C/c2cccc(OC(C)=O)c2)C(=O)S1. The number of nitrogens with zero attached hydrogens (tertiary/aromatic N) is 1. The molecule has 4 nitrogen and oxygen atoms in total. The highest BCUT2D eigenvalue weighted by Gasteiger charge is 2.22. The van der Waals surface area contributed by atoms with Crippen LogP contribution in [0.5, 0.6) is 5.75 Å². The molecule has 1 aromatic rings. The minimum atomic E-state index is -0.381. The second-order valence-corrected chi connectivity index (χ2v) is 6.29. The standard InChI is InChI=1S/C15H13NO3S2/c1-3-7-20-15-16-13(14(18)21-15)9-11-5-4-6-12(8-11)19-10(2)17/h3-6,8-9H,1,7H2,2H3/b13-9+. The van der Waals surface area contributed by atoms with Crippen molar-refractivity contribution >= 4 is 45.1 Å². The van der Waals surface area contributed by atoms with Gasteiger partial charge in [-0.3, -0.25) is 9.59 Å². The minimum absolute atomic E-state index is 0.0838. The molecule has 0 bridgehead atoms. The number of aliphatic imine (C=N–C) groups is 1. The van der Waals surface area contributed by atoms with Crippen LogP contribution in [0.3, 0.4) is 0 Å². The molecule has 1 aliphatic heterocycles. The maximum Gasteiger partial charge on any atom is 0.308 e. The summed E-state index contributed by atoms with van der Waals surface area (Å²) in [5.74, 6) is 0.780. The van der Waals surface area contributed by atoms with Gasteiger partial charge in [-0.2, -0.15) is 0 Å². The Kier molecular flexibility index (Phi) is 5.41. The molecule has 108 valence electrons. The number of benzene rings is 1. The number of hydrogen-bond donors (Lipinski definition) is 0. The molecular formula is C15H13NO3S2. The van der Waals surface area contributed by atoms with Crippen molar-refractivity contribution in [3.8, 4) is 5.75 Å². The molecule has 1 heterocycles. The van der Waals surface area contributed by atoms with Crippen molar-refractivity contribution in [1.82, 2.24) is 0 Å². The molecule has 0 unspecified atom stereocenters. The van der Waals surface area contributed by atoms with Crippen molar-refractivity contribution in [3.63, 3.8) is 0 Å². The first-order valence-electron chi connectivity index (χ1n) is 6.13. The van der Waals surface area contributed by atoms with E-state index >= 15 is 0 Å². The Morgan fingerprint density at radius 2 is 2.33 bits per heavy atom. The van der Waals surface area contributed by atoms with Gasteiger partial charge in [-0.15, -0.1) is 6.58 Å². The zero-order valence-electron chi connectivity index (χ0n) is 11.4. The van der Waals surface area contributed by atoms with Crippen LogP contribution in [0, 0.1) is 0 Å². The summed E-state index contributed by atoms with van der Waals surface area (Å²) >= 11 is 2.60. The summed E-state index contributed by atoms with van der Waals surface area (Å²) in [5, 5.41) is -0.0838. The molecule has 0 amide bonds. The van der Waals surface area contributed by atoms with Gasteiger partial charge in [0.1, 0.15) is 15.8 Å². The smallest absolute Gasteiger partial charge is 0.308 e. The van der Waals surface area contributed by atoms with E-state index in [-0.39, 0.29) is 11.1 Å². The summed E-state index contributed by atoms with van der Waals surface area (Å²) in [6, 6.07) is 6.96. The number of thioether (sulfide) groups is 2. The van der Waals surface area contributed by atoms with Crippen LogP contribution in [0.25, 0.3) is 6.08 Å². The second kappa shape index (κ2) is 7.28. The maximum absolute atomic E-state index is 11.9. The van der Waals surface area contributed by atoms with Crippen LogP contribution in [0.4, 0.5) is 0 Å². The Bertz CT molecular complexity index is 650. The Labute approximate surface area is 131 Å². The molecule has 21 heavy (non-hydrogen) atoms. The normalized spacial score (nSPS) is 16.0. The van der Waals surface area contributed by atoms with Gasteiger partial charge in [0.25, 0.3) is 0 Å². The largest absolute Gasteiger partial charge is 0.427 e. The summed E-state index contributed by atoms with van der Waals surface area (Å²) in [5.41, 5.74) is 1.16. The predicted octanol–water partition coefficient (Wildman–Crippen LogP) is 3.50. The Balaban J connectivity index is 2.18. The molecule has 2 rings (SSSR count). The van der Waals surface area contributed by atoms with Crippen LogP contribution >= 0.6 is 23.5 Å². The molecule has 0 fully saturated rings. The van der Waals surface area contributed by atoms with Gasteiger partial charge in [-0.05, 0) is 35.5 Å². The molecule has 0 N–H and O–H groups in total. The summed E-state index contributed by atoms with van der Waals surface area (Å²) in [6.45, 7) is 4.98. The fourth-order valence-electron chi connectivity index (χ4n) is 1.57. The topological polar surface area (TPSA) is 55.7 Å². The summed E-state index contributed by atoms with van der Waals surface area (Å²) in [6.07, 6.45) is 3.45. The lowest BCUT2D eigenvalue weighted by Gasteiger charge is -2.01. The lowest BCUT2D eigenvalue weighted by molar-refractivity contribution is -0.131. The Morgan fingerprint density at radius 3 is 3.05 bits per heavy atom. The van der Waals surface area contributed by atoms with E-state index in [1.54, 1.807) is 30.4 Å². The van der Waals surface area contributed by atoms with Crippen LogP contribution in [-0.4, -0.2) is 21.2 Å². The zero-order chi connectivity index (χ0) is 15.2. The van der Waals surface area contributed by atoms with Crippen molar-refractivity contribution in [1.29, 1.82) is 0 Å². The van der Waals surface area contributed by atoms with Gasteiger partial charge in [-0.1, -0.05) is 30.0 Å². The average molecular weight is 319 g/mol. The lowest BCUT2D eigenvalue weighted by Crippen LogP contribution is -2.01. The second-order valence-electron chi connectivity index (χ2n) is 4.06.